The molecule has 0 spiro atoms. The molecule has 2 rings (SSSR count). The fourth-order valence-corrected chi connectivity index (χ4v) is 3.26. The maximum Gasteiger partial charge on any atom is 0.0701 e. The van der Waals surface area contributed by atoms with E-state index in [1.165, 1.54) is 19.3 Å². The Morgan fingerprint density at radius 1 is 1.47 bits per heavy atom. The molecule has 15 heavy (non-hydrogen) atoms. The Bertz CT molecular complexity index is 255. The summed E-state index contributed by atoms with van der Waals surface area (Å²) in [6.45, 7) is 5.29. The van der Waals surface area contributed by atoms with Gasteiger partial charge in [0, 0.05) is 0 Å². The highest BCUT2D eigenvalue weighted by atomic mass is 16.5. The van der Waals surface area contributed by atoms with Crippen LogP contribution in [0.1, 0.15) is 39.5 Å². The van der Waals surface area contributed by atoms with Crippen LogP contribution in [0, 0.1) is 11.3 Å². The van der Waals surface area contributed by atoms with Gasteiger partial charge in [-0.25, -0.2) is 0 Å². The lowest BCUT2D eigenvalue weighted by atomic mass is 9.68. The molecule has 0 aliphatic heterocycles. The van der Waals surface area contributed by atoms with Crippen LogP contribution >= 0.6 is 0 Å². The molecule has 2 heteroatoms. The summed E-state index contributed by atoms with van der Waals surface area (Å²) in [5.74, 6) is 0.803. The molecule has 0 aromatic carbocycles. The van der Waals surface area contributed by atoms with Gasteiger partial charge in [-0.05, 0) is 37.0 Å². The Kier molecular flexibility index (Phi) is 3.17. The van der Waals surface area contributed by atoms with Crippen molar-refractivity contribution in [3.8, 4) is 0 Å². The summed E-state index contributed by atoms with van der Waals surface area (Å²) in [5, 5.41) is 8.74. The van der Waals surface area contributed by atoms with E-state index in [0.717, 1.165) is 12.3 Å². The van der Waals surface area contributed by atoms with E-state index in [4.69, 9.17) is 9.84 Å². The minimum Gasteiger partial charge on any atom is -0.394 e. The van der Waals surface area contributed by atoms with Crippen molar-refractivity contribution in [2.24, 2.45) is 11.3 Å². The van der Waals surface area contributed by atoms with Crippen LogP contribution in [0.5, 0.6) is 0 Å². The molecule has 1 N–H and O–H groups in total. The number of hydrogen-bond donors (Lipinski definition) is 1. The van der Waals surface area contributed by atoms with Crippen molar-refractivity contribution in [1.82, 2.24) is 0 Å². The van der Waals surface area contributed by atoms with Crippen LogP contribution in [0.15, 0.2) is 11.6 Å². The average Bonchev–Trinajstić information content (AvgIpc) is 2.11. The van der Waals surface area contributed by atoms with Crippen molar-refractivity contribution in [3.05, 3.63) is 11.6 Å². The van der Waals surface area contributed by atoms with E-state index in [2.05, 4.69) is 19.9 Å². The predicted octanol–water partition coefficient (Wildman–Crippen LogP) is 2.52. The summed E-state index contributed by atoms with van der Waals surface area (Å²) >= 11 is 0. The molecule has 2 aliphatic carbocycles. The molecule has 2 atom stereocenters. The van der Waals surface area contributed by atoms with Crippen molar-refractivity contribution >= 4 is 0 Å². The quantitative estimate of drug-likeness (QED) is 0.725. The zero-order valence-corrected chi connectivity index (χ0v) is 9.83. The normalized spacial score (nSPS) is 33.7. The van der Waals surface area contributed by atoms with Gasteiger partial charge in [-0.15, -0.1) is 0 Å². The third-order valence-electron chi connectivity index (χ3n) is 3.49. The average molecular weight is 210 g/mol. The van der Waals surface area contributed by atoms with Crippen molar-refractivity contribution in [2.75, 3.05) is 13.2 Å². The zero-order chi connectivity index (χ0) is 10.9. The molecule has 1 saturated carbocycles. The lowest BCUT2D eigenvalue weighted by Gasteiger charge is -2.40. The summed E-state index contributed by atoms with van der Waals surface area (Å²) in [6, 6.07) is 0. The number of rotatable bonds is 3. The second-order valence-electron chi connectivity index (χ2n) is 5.72. The van der Waals surface area contributed by atoms with Crippen molar-refractivity contribution in [1.29, 1.82) is 0 Å². The largest absolute Gasteiger partial charge is 0.394 e. The maximum absolute atomic E-state index is 8.74. The van der Waals surface area contributed by atoms with Crippen LogP contribution in [-0.2, 0) is 4.74 Å². The Morgan fingerprint density at radius 2 is 2.27 bits per heavy atom. The summed E-state index contributed by atoms with van der Waals surface area (Å²) < 4.78 is 5.65. The lowest BCUT2D eigenvalue weighted by molar-refractivity contribution is 0.000235. The molecule has 0 saturated heterocycles. The highest BCUT2D eigenvalue weighted by Gasteiger charge is 2.34. The summed E-state index contributed by atoms with van der Waals surface area (Å²) in [5.41, 5.74) is 1.96. The standard InChI is InChI=1S/C13H22O2/c1-13(2)8-10-5-11(9-13)7-12(6-10)15-4-3-14/h8,11-12,14H,3-7,9H2,1-2H3. The van der Waals surface area contributed by atoms with Crippen LogP contribution in [0.4, 0.5) is 0 Å². The minimum absolute atomic E-state index is 0.145. The first-order chi connectivity index (χ1) is 7.09. The van der Waals surface area contributed by atoms with Gasteiger partial charge in [-0.3, -0.25) is 0 Å². The molecule has 0 aromatic heterocycles. The molecule has 2 nitrogen and oxygen atoms in total. The molecular formula is C13H22O2. The van der Waals surface area contributed by atoms with Gasteiger partial charge in [0.2, 0.25) is 0 Å². The predicted molar refractivity (Wildman–Crippen MR) is 60.6 cm³/mol. The van der Waals surface area contributed by atoms with Gasteiger partial charge in [0.1, 0.15) is 0 Å². The molecule has 1 fully saturated rings. The zero-order valence-electron chi connectivity index (χ0n) is 9.83. The monoisotopic (exact) mass is 210 g/mol. The van der Waals surface area contributed by atoms with Crippen LogP contribution in [0.2, 0.25) is 0 Å². The lowest BCUT2D eigenvalue weighted by Crippen LogP contribution is -2.32. The van der Waals surface area contributed by atoms with E-state index < -0.39 is 0 Å². The van der Waals surface area contributed by atoms with Crippen molar-refractivity contribution in [2.45, 2.75) is 45.6 Å². The molecule has 2 aliphatic rings. The Morgan fingerprint density at radius 3 is 2.93 bits per heavy atom. The van der Waals surface area contributed by atoms with E-state index in [-0.39, 0.29) is 6.61 Å². The van der Waals surface area contributed by atoms with Crippen molar-refractivity contribution < 1.29 is 9.84 Å². The van der Waals surface area contributed by atoms with E-state index in [9.17, 15) is 0 Å². The second kappa shape index (κ2) is 4.26. The van der Waals surface area contributed by atoms with E-state index >= 15 is 0 Å². The van der Waals surface area contributed by atoms with Gasteiger partial charge in [0.25, 0.3) is 0 Å². The Labute approximate surface area is 92.3 Å². The molecule has 86 valence electrons. The van der Waals surface area contributed by atoms with Crippen LogP contribution in [0.25, 0.3) is 0 Å². The smallest absolute Gasteiger partial charge is 0.0701 e. The Hall–Kier alpha value is -0.340. The minimum atomic E-state index is 0.145. The van der Waals surface area contributed by atoms with Crippen LogP contribution in [0.3, 0.4) is 0 Å². The number of fused-ring (bicyclic) bond motifs is 2. The van der Waals surface area contributed by atoms with Gasteiger partial charge in [-0.2, -0.15) is 0 Å². The first-order valence-electron chi connectivity index (χ1n) is 6.02. The summed E-state index contributed by atoms with van der Waals surface area (Å²) in [4.78, 5) is 0. The number of ether oxygens (including phenoxy) is 1. The second-order valence-corrected chi connectivity index (χ2v) is 5.72. The number of aliphatic hydroxyl groups excluding tert-OH is 1. The highest BCUT2D eigenvalue weighted by molar-refractivity contribution is 5.17. The fourth-order valence-electron chi connectivity index (χ4n) is 3.26. The first-order valence-corrected chi connectivity index (χ1v) is 6.02. The number of aliphatic hydroxyl groups is 1. The number of allylic oxidation sites excluding steroid dienone is 1. The van der Waals surface area contributed by atoms with Gasteiger partial charge in [-0.1, -0.05) is 25.5 Å². The van der Waals surface area contributed by atoms with E-state index in [0.29, 0.717) is 18.1 Å². The molecule has 0 radical (unpaired) electrons. The Balaban J connectivity index is 1.98. The highest BCUT2D eigenvalue weighted by Crippen LogP contribution is 2.44. The first kappa shape index (κ1) is 11.2. The SMILES string of the molecule is CC1(C)C=C2CC(CC(OCCO)C2)C1. The van der Waals surface area contributed by atoms with Crippen LogP contribution < -0.4 is 0 Å². The molecule has 0 amide bonds. The van der Waals surface area contributed by atoms with Crippen molar-refractivity contribution in [3.63, 3.8) is 0 Å². The van der Waals surface area contributed by atoms with Gasteiger partial charge < -0.3 is 9.84 Å². The summed E-state index contributed by atoms with van der Waals surface area (Å²) in [7, 11) is 0. The molecular weight excluding hydrogens is 188 g/mol. The molecule has 2 bridgehead atoms. The van der Waals surface area contributed by atoms with Gasteiger partial charge in [0.15, 0.2) is 0 Å². The topological polar surface area (TPSA) is 29.5 Å². The number of hydrogen-bond acceptors (Lipinski definition) is 2. The summed E-state index contributed by atoms with van der Waals surface area (Å²) in [6.07, 6.45) is 7.63. The third kappa shape index (κ3) is 2.82. The van der Waals surface area contributed by atoms with Gasteiger partial charge >= 0.3 is 0 Å². The van der Waals surface area contributed by atoms with Crippen LogP contribution in [-0.4, -0.2) is 24.4 Å². The molecule has 0 heterocycles. The molecule has 2 unspecified atom stereocenters. The maximum atomic E-state index is 8.74. The van der Waals surface area contributed by atoms with E-state index in [1.54, 1.807) is 5.57 Å². The third-order valence-corrected chi connectivity index (χ3v) is 3.49. The molecule has 0 aromatic rings. The van der Waals surface area contributed by atoms with Gasteiger partial charge in [0.05, 0.1) is 19.3 Å². The van der Waals surface area contributed by atoms with E-state index in [1.807, 2.05) is 0 Å². The fraction of sp³-hybridized carbons (Fsp3) is 0.846.